The number of hydrogen-bond acceptors (Lipinski definition) is 3. The molecule has 0 bridgehead atoms. The molecule has 5 heteroatoms. The van der Waals surface area contributed by atoms with Crippen molar-refractivity contribution in [1.82, 2.24) is 9.78 Å². The van der Waals surface area contributed by atoms with Crippen molar-refractivity contribution in [2.24, 2.45) is 0 Å². The number of allylic oxidation sites excluding steroid dienone is 1. The van der Waals surface area contributed by atoms with Crippen LogP contribution in [0.25, 0.3) is 16.7 Å². The summed E-state index contributed by atoms with van der Waals surface area (Å²) in [5.41, 5.74) is 3.72. The van der Waals surface area contributed by atoms with E-state index in [1.54, 1.807) is 17.7 Å². The van der Waals surface area contributed by atoms with E-state index in [1.165, 1.54) is 10.9 Å². The molecule has 0 aliphatic rings. The number of nitrogens with two attached hydrogens (primary N) is 1. The van der Waals surface area contributed by atoms with Crippen LogP contribution in [-0.4, -0.2) is 22.0 Å². The zero-order valence-electron chi connectivity index (χ0n) is 13.1. The number of nitrogens with zero attached hydrogens (tertiary/aromatic N) is 2. The van der Waals surface area contributed by atoms with E-state index in [4.69, 9.17) is 10.8 Å². The molecule has 3 rings (SSSR count). The zero-order valence-corrected chi connectivity index (χ0v) is 13.1. The molecule has 4 N–H and O–H groups in total. The minimum Gasteiger partial charge on any atom is -0.308 e. The summed E-state index contributed by atoms with van der Waals surface area (Å²) in [6.07, 6.45) is 6.62. The Morgan fingerprint density at radius 1 is 0.958 bits per heavy atom. The Morgan fingerprint density at radius 2 is 1.62 bits per heavy atom. The first kappa shape index (κ1) is 15.6. The van der Waals surface area contributed by atoms with Crippen molar-refractivity contribution < 1.29 is 5.32 Å². The molecule has 0 spiro atoms. The first-order valence-corrected chi connectivity index (χ1v) is 7.58. The molecule has 0 aliphatic carbocycles. The summed E-state index contributed by atoms with van der Waals surface area (Å²) < 4.78 is 1.52. The second-order valence-electron chi connectivity index (χ2n) is 5.22. The number of quaternary nitrogens is 1. The molecule has 0 unspecified atom stereocenters. The number of benzene rings is 2. The molecule has 118 valence electrons. The van der Waals surface area contributed by atoms with Crippen molar-refractivity contribution in [3.8, 4) is 11.1 Å². The van der Waals surface area contributed by atoms with Gasteiger partial charge in [0.25, 0.3) is 0 Å². The summed E-state index contributed by atoms with van der Waals surface area (Å²) in [4.78, 5) is 0. The molecule has 0 amide bonds. The van der Waals surface area contributed by atoms with E-state index < -0.39 is 0 Å². The van der Waals surface area contributed by atoms with Crippen molar-refractivity contribution in [2.45, 2.75) is 0 Å². The van der Waals surface area contributed by atoms with E-state index >= 15 is 0 Å². The van der Waals surface area contributed by atoms with Gasteiger partial charge in [0.2, 0.25) is 0 Å². The third-order valence-corrected chi connectivity index (χ3v) is 3.62. The molecular weight excluding hydrogens is 298 g/mol. The van der Waals surface area contributed by atoms with Crippen LogP contribution in [0.1, 0.15) is 5.56 Å². The molecule has 0 aliphatic heterocycles. The predicted molar refractivity (Wildman–Crippen MR) is 95.9 cm³/mol. The van der Waals surface area contributed by atoms with Gasteiger partial charge in [0.1, 0.15) is 6.20 Å². The first-order chi connectivity index (χ1) is 11.8. The van der Waals surface area contributed by atoms with Gasteiger partial charge in [0.15, 0.2) is 0 Å². The van der Waals surface area contributed by atoms with Gasteiger partial charge < -0.3 is 5.41 Å². The third kappa shape index (κ3) is 3.53. The Kier molecular flexibility index (Phi) is 4.74. The Labute approximate surface area is 140 Å². The summed E-state index contributed by atoms with van der Waals surface area (Å²) in [5.74, 6) is 0.243. The molecule has 0 saturated carbocycles. The van der Waals surface area contributed by atoms with E-state index in [0.29, 0.717) is 0 Å². The molecule has 24 heavy (non-hydrogen) atoms. The van der Waals surface area contributed by atoms with Gasteiger partial charge in [-0.3, -0.25) is 5.32 Å². The van der Waals surface area contributed by atoms with Gasteiger partial charge in [0.05, 0.1) is 11.8 Å². The van der Waals surface area contributed by atoms with Crippen LogP contribution in [0.3, 0.4) is 0 Å². The van der Waals surface area contributed by atoms with Crippen LogP contribution in [0.5, 0.6) is 0 Å². The summed E-state index contributed by atoms with van der Waals surface area (Å²) in [6, 6.07) is 19.6. The average molecular weight is 316 g/mol. The number of rotatable bonds is 4. The molecule has 0 fully saturated rings. The van der Waals surface area contributed by atoms with Gasteiger partial charge in [-0.1, -0.05) is 60.7 Å². The van der Waals surface area contributed by atoms with Crippen LogP contribution in [-0.2, 0) is 0 Å². The van der Waals surface area contributed by atoms with Crippen molar-refractivity contribution in [3.05, 3.63) is 84.8 Å². The highest BCUT2D eigenvalue weighted by Crippen LogP contribution is 2.17. The van der Waals surface area contributed by atoms with Crippen LogP contribution in [0.15, 0.2) is 79.3 Å². The lowest BCUT2D eigenvalue weighted by molar-refractivity contribution is -0.467. The second-order valence-corrected chi connectivity index (χ2v) is 5.22. The molecule has 2 aromatic carbocycles. The lowest BCUT2D eigenvalue weighted by Crippen LogP contribution is -2.84. The summed E-state index contributed by atoms with van der Waals surface area (Å²) in [6.45, 7) is 0. The quantitative estimate of drug-likeness (QED) is 0.502. The average Bonchev–Trinajstić information content (AvgIpc) is 3.14. The number of nitrogen functional groups attached to an aromatic ring is 1. The lowest BCUT2D eigenvalue weighted by atomic mass is 10.1. The van der Waals surface area contributed by atoms with E-state index in [-0.39, 0.29) is 5.96 Å². The maximum atomic E-state index is 8.16. The molecule has 0 radical (unpaired) electrons. The fourth-order valence-corrected chi connectivity index (χ4v) is 2.34. The van der Waals surface area contributed by atoms with Gasteiger partial charge in [-0.05, 0) is 11.1 Å². The summed E-state index contributed by atoms with van der Waals surface area (Å²) >= 11 is 0. The third-order valence-electron chi connectivity index (χ3n) is 3.62. The normalized spacial score (nSPS) is 11.2. The van der Waals surface area contributed by atoms with Gasteiger partial charge >= 0.3 is 5.96 Å². The van der Waals surface area contributed by atoms with E-state index in [2.05, 4.69) is 5.10 Å². The predicted octanol–water partition coefficient (Wildman–Crippen LogP) is 2.59. The Balaban J connectivity index is 1.75. The van der Waals surface area contributed by atoms with Crippen molar-refractivity contribution in [1.29, 1.82) is 10.8 Å². The zero-order chi connectivity index (χ0) is 16.8. The van der Waals surface area contributed by atoms with Gasteiger partial charge in [-0.25, -0.2) is 5.41 Å². The second kappa shape index (κ2) is 7.30. The SMILES string of the molecule is N=C/C(=C\[NH2+]C(=N)n1cc(-c2ccccc2)cn1)c1ccccc1. The molecule has 0 atom stereocenters. The highest BCUT2D eigenvalue weighted by Gasteiger charge is 2.08. The van der Waals surface area contributed by atoms with Gasteiger partial charge in [-0.15, -0.1) is 0 Å². The standard InChI is InChI=1S/C19H17N5/c20-11-17(15-7-3-1-4-8-15)12-22-19(21)24-14-18(13-23-24)16-9-5-2-6-10-16/h1-14,20H,(H2,21,22)/p+1/b17-12+,20-11?. The van der Waals surface area contributed by atoms with Crippen molar-refractivity contribution in [2.75, 3.05) is 0 Å². The molecule has 5 nitrogen and oxygen atoms in total. The summed E-state index contributed by atoms with van der Waals surface area (Å²) in [7, 11) is 0. The van der Waals surface area contributed by atoms with Crippen LogP contribution in [0.4, 0.5) is 0 Å². The maximum Gasteiger partial charge on any atom is 0.323 e. The topological polar surface area (TPSA) is 82.1 Å². The minimum atomic E-state index is 0.243. The van der Waals surface area contributed by atoms with Crippen LogP contribution >= 0.6 is 0 Å². The Bertz CT molecular complexity index is 863. The van der Waals surface area contributed by atoms with Gasteiger partial charge in [-0.2, -0.15) is 9.78 Å². The van der Waals surface area contributed by atoms with Crippen molar-refractivity contribution in [3.63, 3.8) is 0 Å². The van der Waals surface area contributed by atoms with Crippen molar-refractivity contribution >= 4 is 17.7 Å². The number of nitrogens with one attached hydrogen (secondary N) is 2. The Hall–Kier alpha value is -3.31. The van der Waals surface area contributed by atoms with E-state index in [9.17, 15) is 0 Å². The Morgan fingerprint density at radius 3 is 2.29 bits per heavy atom. The molecule has 1 heterocycles. The van der Waals surface area contributed by atoms with Gasteiger partial charge in [0, 0.05) is 18.0 Å². The minimum absolute atomic E-state index is 0.243. The number of aromatic nitrogens is 2. The first-order valence-electron chi connectivity index (χ1n) is 7.58. The van der Waals surface area contributed by atoms with E-state index in [0.717, 1.165) is 22.3 Å². The molecule has 3 aromatic rings. The lowest BCUT2D eigenvalue weighted by Gasteiger charge is -2.01. The molecular formula is C19H18N5+. The highest BCUT2D eigenvalue weighted by molar-refractivity contribution is 6.07. The van der Waals surface area contributed by atoms with Crippen LogP contribution in [0, 0.1) is 10.8 Å². The molecule has 1 aromatic heterocycles. The fourth-order valence-electron chi connectivity index (χ4n) is 2.34. The largest absolute Gasteiger partial charge is 0.323 e. The van der Waals surface area contributed by atoms with Crippen LogP contribution in [0.2, 0.25) is 0 Å². The van der Waals surface area contributed by atoms with E-state index in [1.807, 2.05) is 66.9 Å². The number of hydrogen-bond donors (Lipinski definition) is 3. The smallest absolute Gasteiger partial charge is 0.308 e. The highest BCUT2D eigenvalue weighted by atomic mass is 15.3. The maximum absolute atomic E-state index is 8.16. The fraction of sp³-hybridized carbons (Fsp3) is 0. The monoisotopic (exact) mass is 316 g/mol. The summed E-state index contributed by atoms with van der Waals surface area (Å²) in [5, 5.41) is 21.6. The molecule has 0 saturated heterocycles. The van der Waals surface area contributed by atoms with Crippen LogP contribution < -0.4 is 5.32 Å².